The number of hydrogen-bond donors (Lipinski definition) is 2. The highest BCUT2D eigenvalue weighted by Gasteiger charge is 1.94. The molecule has 0 saturated carbocycles. The van der Waals surface area contributed by atoms with Crippen LogP contribution in [0.4, 0.5) is 5.69 Å². The quantitative estimate of drug-likeness (QED) is 0.358. The third-order valence-electron chi connectivity index (χ3n) is 1.89. The number of nitrogens with one attached hydrogen (secondary N) is 1. The lowest BCUT2D eigenvalue weighted by molar-refractivity contribution is -0.137. The van der Waals surface area contributed by atoms with Crippen molar-refractivity contribution in [1.82, 2.24) is 0 Å². The van der Waals surface area contributed by atoms with Crippen LogP contribution < -0.4 is 5.32 Å². The number of ether oxygens (including phenoxy) is 1. The summed E-state index contributed by atoms with van der Waals surface area (Å²) in [6.45, 7) is 2.18. The molecule has 0 spiro atoms. The zero-order valence-electron chi connectivity index (χ0n) is 9.14. The molecule has 16 heavy (non-hydrogen) atoms. The van der Waals surface area contributed by atoms with E-state index in [9.17, 15) is 4.79 Å². The van der Waals surface area contributed by atoms with Crippen LogP contribution in [0.2, 0.25) is 0 Å². The first-order chi connectivity index (χ1) is 7.76. The maximum atomic E-state index is 11.1. The molecule has 86 valence electrons. The fraction of sp³-hybridized carbons (Fsp3) is 0.250. The predicted molar refractivity (Wildman–Crippen MR) is 69.6 cm³/mol. The molecule has 0 fully saturated rings. The van der Waals surface area contributed by atoms with E-state index in [1.807, 2.05) is 24.3 Å². The molecule has 1 aromatic carbocycles. The molecule has 0 aliphatic rings. The molecule has 1 aromatic rings. The first-order valence-corrected chi connectivity index (χ1v) is 5.69. The van der Waals surface area contributed by atoms with Crippen molar-refractivity contribution < 1.29 is 9.53 Å². The minimum atomic E-state index is -0.319. The lowest BCUT2D eigenvalue weighted by atomic mass is 10.2. The number of thiol groups is 1. The van der Waals surface area contributed by atoms with E-state index in [1.54, 1.807) is 13.0 Å². The minimum Gasteiger partial charge on any atom is -0.463 e. The van der Waals surface area contributed by atoms with E-state index in [4.69, 9.17) is 4.74 Å². The van der Waals surface area contributed by atoms with E-state index in [1.165, 1.54) is 6.08 Å². The second-order valence-corrected chi connectivity index (χ2v) is 3.36. The zero-order valence-corrected chi connectivity index (χ0v) is 10.0. The molecule has 0 aliphatic heterocycles. The van der Waals surface area contributed by atoms with Crippen LogP contribution in [0, 0.1) is 0 Å². The van der Waals surface area contributed by atoms with Crippen molar-refractivity contribution in [3.05, 3.63) is 35.9 Å². The van der Waals surface area contributed by atoms with Crippen LogP contribution in [-0.4, -0.2) is 18.5 Å². The van der Waals surface area contributed by atoms with Crippen LogP contribution in [-0.2, 0) is 9.53 Å². The van der Waals surface area contributed by atoms with Crippen molar-refractivity contribution >= 4 is 30.4 Å². The summed E-state index contributed by atoms with van der Waals surface area (Å²) in [5.41, 5.74) is 1.96. The Hall–Kier alpha value is -1.42. The zero-order chi connectivity index (χ0) is 11.8. The fourth-order valence-corrected chi connectivity index (χ4v) is 1.34. The average molecular weight is 237 g/mol. The van der Waals surface area contributed by atoms with Gasteiger partial charge in [0.1, 0.15) is 0 Å². The normalized spacial score (nSPS) is 10.4. The molecule has 4 heteroatoms. The third-order valence-corrected chi connectivity index (χ3v) is 2.05. The van der Waals surface area contributed by atoms with Gasteiger partial charge in [0.05, 0.1) is 12.5 Å². The first kappa shape index (κ1) is 12.6. The maximum absolute atomic E-state index is 11.1. The van der Waals surface area contributed by atoms with Gasteiger partial charge in [-0.25, -0.2) is 4.79 Å². The Labute approximate surface area is 101 Å². The van der Waals surface area contributed by atoms with Crippen LogP contribution in [0.15, 0.2) is 30.3 Å². The summed E-state index contributed by atoms with van der Waals surface area (Å²) in [4.78, 5) is 11.1. The van der Waals surface area contributed by atoms with Crippen molar-refractivity contribution in [3.8, 4) is 0 Å². The number of carbonyl (C=O) groups is 1. The Morgan fingerprint density at radius 1 is 1.44 bits per heavy atom. The number of carbonyl (C=O) groups excluding carboxylic acids is 1. The van der Waals surface area contributed by atoms with Gasteiger partial charge < -0.3 is 10.1 Å². The molecule has 0 aliphatic carbocycles. The van der Waals surface area contributed by atoms with Crippen molar-refractivity contribution in [2.75, 3.05) is 17.8 Å². The average Bonchev–Trinajstić information content (AvgIpc) is 2.29. The van der Waals surface area contributed by atoms with Gasteiger partial charge in [-0.3, -0.25) is 0 Å². The lowest BCUT2D eigenvalue weighted by Gasteiger charge is -2.02. The number of anilines is 1. The first-order valence-electron chi connectivity index (χ1n) is 5.06. The molecule has 0 heterocycles. The number of rotatable bonds is 5. The summed E-state index contributed by atoms with van der Waals surface area (Å²) in [5, 5.41) is 3.07. The number of esters is 1. The van der Waals surface area contributed by atoms with Gasteiger partial charge in [-0.05, 0) is 30.7 Å². The van der Waals surface area contributed by atoms with Gasteiger partial charge >= 0.3 is 5.97 Å². The molecule has 0 amide bonds. The van der Waals surface area contributed by atoms with Gasteiger partial charge in [-0.2, -0.15) is 12.6 Å². The van der Waals surface area contributed by atoms with Crippen LogP contribution >= 0.6 is 12.6 Å². The van der Waals surface area contributed by atoms with Crippen molar-refractivity contribution in [2.45, 2.75) is 6.92 Å². The SMILES string of the molecule is CCOC(=O)C=Cc1ccc(NCS)cc1. The molecular weight excluding hydrogens is 222 g/mol. The Morgan fingerprint density at radius 3 is 2.69 bits per heavy atom. The highest BCUT2D eigenvalue weighted by Crippen LogP contribution is 2.10. The molecular formula is C12H15NO2S. The largest absolute Gasteiger partial charge is 0.463 e. The molecule has 1 rings (SSSR count). The second-order valence-electron chi connectivity index (χ2n) is 3.04. The Bertz CT molecular complexity index is 360. The Kier molecular flexibility index (Phi) is 5.50. The van der Waals surface area contributed by atoms with E-state index in [0.29, 0.717) is 12.5 Å². The van der Waals surface area contributed by atoms with Crippen molar-refractivity contribution in [1.29, 1.82) is 0 Å². The summed E-state index contributed by atoms with van der Waals surface area (Å²) >= 11 is 4.06. The Balaban J connectivity index is 2.57. The smallest absolute Gasteiger partial charge is 0.330 e. The maximum Gasteiger partial charge on any atom is 0.330 e. The van der Waals surface area contributed by atoms with E-state index in [-0.39, 0.29) is 5.97 Å². The molecule has 0 unspecified atom stereocenters. The highest BCUT2D eigenvalue weighted by molar-refractivity contribution is 7.80. The second kappa shape index (κ2) is 6.95. The molecule has 0 saturated heterocycles. The minimum absolute atomic E-state index is 0.319. The molecule has 0 radical (unpaired) electrons. The third kappa shape index (κ3) is 4.40. The van der Waals surface area contributed by atoms with E-state index >= 15 is 0 Å². The van der Waals surface area contributed by atoms with E-state index < -0.39 is 0 Å². The van der Waals surface area contributed by atoms with Gasteiger partial charge in [0, 0.05) is 11.8 Å². The molecule has 0 atom stereocenters. The molecule has 3 nitrogen and oxygen atoms in total. The van der Waals surface area contributed by atoms with Crippen LogP contribution in [0.25, 0.3) is 6.08 Å². The molecule has 1 N–H and O–H groups in total. The molecule has 0 aromatic heterocycles. The Morgan fingerprint density at radius 2 is 2.12 bits per heavy atom. The summed E-state index contributed by atoms with van der Waals surface area (Å²) in [6, 6.07) is 7.70. The van der Waals surface area contributed by atoms with Gasteiger partial charge in [0.15, 0.2) is 0 Å². The fourth-order valence-electron chi connectivity index (χ4n) is 1.16. The lowest BCUT2D eigenvalue weighted by Crippen LogP contribution is -1.98. The number of hydrogen-bond acceptors (Lipinski definition) is 4. The van der Waals surface area contributed by atoms with Gasteiger partial charge in [-0.15, -0.1) is 0 Å². The predicted octanol–water partition coefficient (Wildman–Crippen LogP) is 2.56. The van der Waals surface area contributed by atoms with Crippen molar-refractivity contribution in [3.63, 3.8) is 0 Å². The van der Waals surface area contributed by atoms with Crippen LogP contribution in [0.5, 0.6) is 0 Å². The van der Waals surface area contributed by atoms with Crippen molar-refractivity contribution in [2.24, 2.45) is 0 Å². The van der Waals surface area contributed by atoms with Gasteiger partial charge in [0.2, 0.25) is 0 Å². The van der Waals surface area contributed by atoms with Gasteiger partial charge in [0.25, 0.3) is 0 Å². The summed E-state index contributed by atoms with van der Waals surface area (Å²) in [5.74, 6) is 0.276. The van der Waals surface area contributed by atoms with Crippen LogP contribution in [0.1, 0.15) is 12.5 Å². The van der Waals surface area contributed by atoms with E-state index in [0.717, 1.165) is 11.3 Å². The van der Waals surface area contributed by atoms with E-state index in [2.05, 4.69) is 17.9 Å². The highest BCUT2D eigenvalue weighted by atomic mass is 32.1. The number of benzene rings is 1. The van der Waals surface area contributed by atoms with Crippen LogP contribution in [0.3, 0.4) is 0 Å². The molecule has 0 bridgehead atoms. The monoisotopic (exact) mass is 237 g/mol. The summed E-state index contributed by atoms with van der Waals surface area (Å²) in [6.07, 6.45) is 3.15. The topological polar surface area (TPSA) is 38.3 Å². The summed E-state index contributed by atoms with van der Waals surface area (Å²) < 4.78 is 4.78. The summed E-state index contributed by atoms with van der Waals surface area (Å²) in [7, 11) is 0. The van der Waals surface area contributed by atoms with Gasteiger partial charge in [-0.1, -0.05) is 12.1 Å². The standard InChI is InChI=1S/C12H15NO2S/c1-2-15-12(14)8-5-10-3-6-11(7-4-10)13-9-16/h3-8,13,16H,2,9H2,1H3.